The van der Waals surface area contributed by atoms with Gasteiger partial charge >= 0.3 is 0 Å². The summed E-state index contributed by atoms with van der Waals surface area (Å²) in [5, 5.41) is 3.36. The molecule has 32 heavy (non-hydrogen) atoms. The van der Waals surface area contributed by atoms with Crippen LogP contribution in [0.15, 0.2) is 66.1 Å². The molecule has 2 N–H and O–H groups in total. The Bertz CT molecular complexity index is 1150. The van der Waals surface area contributed by atoms with Crippen LogP contribution in [0.5, 0.6) is 11.5 Å². The summed E-state index contributed by atoms with van der Waals surface area (Å²) < 4.78 is 40.4. The Labute approximate surface area is 188 Å². The van der Waals surface area contributed by atoms with Gasteiger partial charge in [0, 0.05) is 37.3 Å². The number of hydrogen-bond acceptors (Lipinski definition) is 6. The number of aryl methyl sites for hydroxylation is 1. The lowest BCUT2D eigenvalue weighted by atomic mass is 9.84. The monoisotopic (exact) mass is 456 g/mol. The largest absolute Gasteiger partial charge is 0.492 e. The van der Waals surface area contributed by atoms with Crippen LogP contribution in [0.1, 0.15) is 17.0 Å². The van der Waals surface area contributed by atoms with E-state index in [9.17, 15) is 8.42 Å². The number of rotatable bonds is 9. The average Bonchev–Trinajstić information content (AvgIpc) is 3.25. The molecule has 9 heteroatoms. The van der Waals surface area contributed by atoms with Gasteiger partial charge in [-0.15, -0.1) is 0 Å². The summed E-state index contributed by atoms with van der Waals surface area (Å²) in [6.07, 6.45) is 3.79. The molecule has 0 saturated heterocycles. The lowest BCUT2D eigenvalue weighted by Crippen LogP contribution is -2.41. The molecule has 0 amide bonds. The van der Waals surface area contributed by atoms with Crippen molar-refractivity contribution in [3.63, 3.8) is 0 Å². The van der Waals surface area contributed by atoms with Crippen molar-refractivity contribution in [2.24, 2.45) is 7.05 Å². The molecule has 0 aliphatic carbocycles. The quantitative estimate of drug-likeness (QED) is 0.479. The van der Waals surface area contributed by atoms with Crippen LogP contribution in [-0.4, -0.2) is 50.8 Å². The fourth-order valence-corrected chi connectivity index (χ4v) is 4.89. The van der Waals surface area contributed by atoms with Gasteiger partial charge in [0.1, 0.15) is 24.7 Å². The average molecular weight is 457 g/mol. The number of nitrogens with zero attached hydrogens (tertiary/aromatic N) is 2. The summed E-state index contributed by atoms with van der Waals surface area (Å²) in [4.78, 5) is 3.88. The predicted octanol–water partition coefficient (Wildman–Crippen LogP) is 2.08. The number of likely N-dealkylation sites (N-methyl/N-ethyl adjacent to an activating group) is 1. The SMILES string of the molecule is CN[C@H]1COc2ccc(OCCNS(=O)(=O)c3cn(C)cn3)cc2[C@H]1Cc1ccccc1. The molecular weight excluding hydrogens is 428 g/mol. The zero-order valence-electron chi connectivity index (χ0n) is 18.2. The minimum Gasteiger partial charge on any atom is -0.492 e. The second-order valence-electron chi connectivity index (χ2n) is 7.83. The smallest absolute Gasteiger partial charge is 0.259 e. The first kappa shape index (κ1) is 22.3. The molecule has 0 fully saturated rings. The van der Waals surface area contributed by atoms with Crippen molar-refractivity contribution >= 4 is 10.0 Å². The van der Waals surface area contributed by atoms with Crippen molar-refractivity contribution in [3.8, 4) is 11.5 Å². The van der Waals surface area contributed by atoms with E-state index in [4.69, 9.17) is 9.47 Å². The van der Waals surface area contributed by atoms with Crippen LogP contribution < -0.4 is 19.5 Å². The molecular formula is C23H28N4O4S. The third-order valence-corrected chi connectivity index (χ3v) is 6.92. The van der Waals surface area contributed by atoms with Crippen LogP contribution in [0, 0.1) is 0 Å². The highest BCUT2D eigenvalue weighted by atomic mass is 32.2. The molecule has 170 valence electrons. The summed E-state index contributed by atoms with van der Waals surface area (Å²) in [5.41, 5.74) is 2.35. The highest BCUT2D eigenvalue weighted by molar-refractivity contribution is 7.89. The number of sulfonamides is 1. The number of nitrogens with one attached hydrogen (secondary N) is 2. The van der Waals surface area contributed by atoms with Crippen molar-refractivity contribution in [1.82, 2.24) is 19.6 Å². The lowest BCUT2D eigenvalue weighted by molar-refractivity contribution is 0.217. The summed E-state index contributed by atoms with van der Waals surface area (Å²) in [6, 6.07) is 16.3. The Kier molecular flexibility index (Phi) is 6.78. The highest BCUT2D eigenvalue weighted by Crippen LogP contribution is 2.38. The van der Waals surface area contributed by atoms with E-state index >= 15 is 0 Å². The number of imidazole rings is 1. The molecule has 2 aromatic carbocycles. The van der Waals surface area contributed by atoms with Crippen LogP contribution in [0.3, 0.4) is 0 Å². The van der Waals surface area contributed by atoms with E-state index in [0.29, 0.717) is 12.4 Å². The molecule has 0 bridgehead atoms. The molecule has 2 heterocycles. The molecule has 1 aromatic heterocycles. The molecule has 0 unspecified atom stereocenters. The van der Waals surface area contributed by atoms with E-state index in [1.54, 1.807) is 11.6 Å². The predicted molar refractivity (Wildman–Crippen MR) is 122 cm³/mol. The van der Waals surface area contributed by atoms with E-state index in [1.807, 2.05) is 31.3 Å². The first-order chi connectivity index (χ1) is 15.5. The van der Waals surface area contributed by atoms with E-state index in [2.05, 4.69) is 39.3 Å². The van der Waals surface area contributed by atoms with E-state index in [-0.39, 0.29) is 30.1 Å². The molecule has 0 spiro atoms. The zero-order valence-corrected chi connectivity index (χ0v) is 19.0. The second kappa shape index (κ2) is 9.72. The number of aromatic nitrogens is 2. The van der Waals surface area contributed by atoms with Gasteiger partial charge in [0.25, 0.3) is 10.0 Å². The van der Waals surface area contributed by atoms with Crippen LogP contribution in [0.4, 0.5) is 0 Å². The van der Waals surface area contributed by atoms with Crippen LogP contribution in [0.25, 0.3) is 0 Å². The van der Waals surface area contributed by atoms with Crippen LogP contribution in [0.2, 0.25) is 0 Å². The molecule has 1 aliphatic rings. The molecule has 4 rings (SSSR count). The third-order valence-electron chi connectivity index (χ3n) is 5.57. The lowest BCUT2D eigenvalue weighted by Gasteiger charge is -2.34. The molecule has 2 atom stereocenters. The Morgan fingerprint density at radius 2 is 2.03 bits per heavy atom. The van der Waals surface area contributed by atoms with E-state index in [1.165, 1.54) is 18.1 Å². The summed E-state index contributed by atoms with van der Waals surface area (Å²) in [5.74, 6) is 1.78. The number of hydrogen-bond donors (Lipinski definition) is 2. The standard InChI is InChI=1S/C23H28N4O4S/c1-24-21-15-31-22-9-8-18(13-20(22)19(21)12-17-6-4-3-5-7-17)30-11-10-26-32(28,29)23-14-27(2)16-25-23/h3-9,13-14,16,19,21,24,26H,10-12,15H2,1-2H3/t19-,21+/m1/s1. The van der Waals surface area contributed by atoms with E-state index in [0.717, 1.165) is 17.7 Å². The Balaban J connectivity index is 1.42. The first-order valence-electron chi connectivity index (χ1n) is 10.5. The normalized spacial score (nSPS) is 18.1. The maximum Gasteiger partial charge on any atom is 0.259 e. The van der Waals surface area contributed by atoms with Gasteiger partial charge in [-0.25, -0.2) is 18.1 Å². The van der Waals surface area contributed by atoms with Gasteiger partial charge in [-0.3, -0.25) is 0 Å². The fraction of sp³-hybridized carbons (Fsp3) is 0.348. The minimum atomic E-state index is -3.65. The van der Waals surface area contributed by atoms with Crippen LogP contribution in [-0.2, 0) is 23.5 Å². The van der Waals surface area contributed by atoms with Gasteiger partial charge in [-0.2, -0.15) is 0 Å². The maximum atomic E-state index is 12.3. The van der Waals surface area contributed by atoms with Gasteiger partial charge in [-0.1, -0.05) is 30.3 Å². The van der Waals surface area contributed by atoms with Gasteiger partial charge in [0.05, 0.1) is 6.33 Å². The Morgan fingerprint density at radius 1 is 1.22 bits per heavy atom. The summed E-state index contributed by atoms with van der Waals surface area (Å²) in [6.45, 7) is 0.945. The summed E-state index contributed by atoms with van der Waals surface area (Å²) >= 11 is 0. The van der Waals surface area contributed by atoms with E-state index < -0.39 is 10.0 Å². The van der Waals surface area contributed by atoms with Crippen molar-refractivity contribution in [2.45, 2.75) is 23.4 Å². The highest BCUT2D eigenvalue weighted by Gasteiger charge is 2.30. The van der Waals surface area contributed by atoms with Crippen molar-refractivity contribution in [2.75, 3.05) is 26.8 Å². The number of benzene rings is 2. The van der Waals surface area contributed by atoms with Crippen molar-refractivity contribution < 1.29 is 17.9 Å². The third kappa shape index (κ3) is 5.12. The molecule has 0 saturated carbocycles. The van der Waals surface area contributed by atoms with Crippen LogP contribution >= 0.6 is 0 Å². The molecule has 8 nitrogen and oxygen atoms in total. The minimum absolute atomic E-state index is 0.00668. The van der Waals surface area contributed by atoms with Crippen molar-refractivity contribution in [1.29, 1.82) is 0 Å². The molecule has 0 radical (unpaired) electrons. The van der Waals surface area contributed by atoms with Gasteiger partial charge in [0.15, 0.2) is 5.03 Å². The van der Waals surface area contributed by atoms with Gasteiger partial charge < -0.3 is 19.4 Å². The molecule has 1 aliphatic heterocycles. The summed E-state index contributed by atoms with van der Waals surface area (Å²) in [7, 11) is 0.0178. The van der Waals surface area contributed by atoms with Crippen molar-refractivity contribution in [3.05, 3.63) is 72.2 Å². The maximum absolute atomic E-state index is 12.3. The number of fused-ring (bicyclic) bond motifs is 1. The first-order valence-corrected chi connectivity index (χ1v) is 12.0. The van der Waals surface area contributed by atoms with Gasteiger partial charge in [0.2, 0.25) is 0 Å². The topological polar surface area (TPSA) is 94.5 Å². The fourth-order valence-electron chi connectivity index (χ4n) is 3.90. The second-order valence-corrected chi connectivity index (χ2v) is 9.54. The molecule has 3 aromatic rings. The Hall–Kier alpha value is -2.88. The Morgan fingerprint density at radius 3 is 2.75 bits per heavy atom. The zero-order chi connectivity index (χ0) is 22.6. The van der Waals surface area contributed by atoms with Gasteiger partial charge in [-0.05, 0) is 37.2 Å². The number of ether oxygens (including phenoxy) is 2.